The minimum Gasteiger partial charge on any atom is -0.357 e. The Kier molecular flexibility index (Phi) is 6.12. The van der Waals surface area contributed by atoms with Gasteiger partial charge in [0.25, 0.3) is 0 Å². The highest BCUT2D eigenvalue weighted by Gasteiger charge is 2.15. The van der Waals surface area contributed by atoms with Crippen molar-refractivity contribution >= 4 is 17.0 Å². The molecule has 0 aliphatic carbocycles. The minimum absolute atomic E-state index is 0.374. The van der Waals surface area contributed by atoms with E-state index in [0.29, 0.717) is 11.9 Å². The average molecular weight is 304 g/mol. The summed E-state index contributed by atoms with van der Waals surface area (Å²) < 4.78 is 2.03. The molecule has 0 unspecified atom stereocenters. The zero-order chi connectivity index (χ0) is 15.9. The number of aromatic nitrogens is 4. The first-order chi connectivity index (χ1) is 10.7. The van der Waals surface area contributed by atoms with Crippen LogP contribution < -0.4 is 10.6 Å². The van der Waals surface area contributed by atoms with Crippen LogP contribution in [0.2, 0.25) is 0 Å². The number of hydrogen-bond acceptors (Lipinski definition) is 5. The molecule has 2 heterocycles. The molecule has 2 aromatic rings. The first-order valence-corrected chi connectivity index (χ1v) is 8.29. The van der Waals surface area contributed by atoms with Gasteiger partial charge in [-0.2, -0.15) is 10.1 Å². The van der Waals surface area contributed by atoms with Crippen molar-refractivity contribution in [3.63, 3.8) is 0 Å². The summed E-state index contributed by atoms with van der Waals surface area (Å²) >= 11 is 0. The third kappa shape index (κ3) is 3.94. The molecule has 2 N–H and O–H groups in total. The first-order valence-electron chi connectivity index (χ1n) is 8.29. The van der Waals surface area contributed by atoms with Crippen molar-refractivity contribution in [3.05, 3.63) is 11.9 Å². The summed E-state index contributed by atoms with van der Waals surface area (Å²) in [7, 11) is 1.84. The number of nitrogens with zero attached hydrogens (tertiary/aromatic N) is 4. The number of fused-ring (bicyclic) bond motifs is 1. The molecule has 0 saturated heterocycles. The molecule has 0 aliphatic rings. The SMILES string of the molecule is CCCNCCCCn1nc(C(C)C)c2cnc(NC)nc21. The zero-order valence-electron chi connectivity index (χ0n) is 14.2. The zero-order valence-corrected chi connectivity index (χ0v) is 14.2. The molecule has 0 aliphatic heterocycles. The van der Waals surface area contributed by atoms with Crippen LogP contribution in [0.3, 0.4) is 0 Å². The van der Waals surface area contributed by atoms with E-state index >= 15 is 0 Å². The Hall–Kier alpha value is -1.69. The molecule has 2 aromatic heterocycles. The van der Waals surface area contributed by atoms with Crippen LogP contribution in [0.4, 0.5) is 5.95 Å². The highest BCUT2D eigenvalue weighted by Crippen LogP contribution is 2.24. The van der Waals surface area contributed by atoms with Gasteiger partial charge in [-0.15, -0.1) is 0 Å². The molecule has 0 aromatic carbocycles. The molecular weight excluding hydrogens is 276 g/mol. The molecule has 2 rings (SSSR count). The molecule has 0 bridgehead atoms. The second-order valence-electron chi connectivity index (χ2n) is 5.90. The molecular formula is C16H28N6. The van der Waals surface area contributed by atoms with Gasteiger partial charge in [-0.25, -0.2) is 9.67 Å². The Labute approximate surface area is 132 Å². The van der Waals surface area contributed by atoms with Crippen molar-refractivity contribution in [1.29, 1.82) is 0 Å². The van der Waals surface area contributed by atoms with E-state index < -0.39 is 0 Å². The standard InChI is InChI=1S/C16H28N6/c1-5-8-18-9-6-7-10-22-15-13(14(21-22)12(2)3)11-19-16(17-4)20-15/h11-12,18H,5-10H2,1-4H3,(H,17,19,20). The third-order valence-electron chi connectivity index (χ3n) is 3.69. The lowest BCUT2D eigenvalue weighted by Crippen LogP contribution is -2.16. The summed E-state index contributed by atoms with van der Waals surface area (Å²) in [4.78, 5) is 8.91. The maximum Gasteiger partial charge on any atom is 0.224 e. The summed E-state index contributed by atoms with van der Waals surface area (Å²) in [5.74, 6) is 1.02. The highest BCUT2D eigenvalue weighted by atomic mass is 15.3. The van der Waals surface area contributed by atoms with Crippen molar-refractivity contribution < 1.29 is 0 Å². The molecule has 0 atom stereocenters. The number of aryl methyl sites for hydroxylation is 1. The predicted octanol–water partition coefficient (Wildman–Crippen LogP) is 2.77. The van der Waals surface area contributed by atoms with Crippen molar-refractivity contribution in [2.24, 2.45) is 0 Å². The van der Waals surface area contributed by atoms with Gasteiger partial charge in [-0.3, -0.25) is 0 Å². The summed E-state index contributed by atoms with van der Waals surface area (Å²) in [5.41, 5.74) is 2.02. The summed E-state index contributed by atoms with van der Waals surface area (Å²) in [6, 6.07) is 0. The number of rotatable bonds is 9. The fourth-order valence-corrected chi connectivity index (χ4v) is 2.50. The van der Waals surface area contributed by atoms with Crippen LogP contribution in [0.1, 0.15) is 51.6 Å². The van der Waals surface area contributed by atoms with Gasteiger partial charge in [0.15, 0.2) is 5.65 Å². The fourth-order valence-electron chi connectivity index (χ4n) is 2.50. The fraction of sp³-hybridized carbons (Fsp3) is 0.688. The van der Waals surface area contributed by atoms with E-state index in [4.69, 9.17) is 5.10 Å². The quantitative estimate of drug-likeness (QED) is 0.697. The monoisotopic (exact) mass is 304 g/mol. The van der Waals surface area contributed by atoms with E-state index in [2.05, 4.69) is 41.4 Å². The van der Waals surface area contributed by atoms with Crippen LogP contribution in [0.15, 0.2) is 6.20 Å². The van der Waals surface area contributed by atoms with E-state index in [1.165, 1.54) is 6.42 Å². The molecule has 6 heteroatoms. The Morgan fingerprint density at radius 1 is 1.23 bits per heavy atom. The van der Waals surface area contributed by atoms with Crippen LogP contribution in [0.25, 0.3) is 11.0 Å². The van der Waals surface area contributed by atoms with Gasteiger partial charge >= 0.3 is 0 Å². The third-order valence-corrected chi connectivity index (χ3v) is 3.69. The van der Waals surface area contributed by atoms with Gasteiger partial charge in [0.2, 0.25) is 5.95 Å². The van der Waals surface area contributed by atoms with Crippen molar-refractivity contribution in [2.75, 3.05) is 25.5 Å². The Balaban J connectivity index is 2.10. The Morgan fingerprint density at radius 3 is 2.73 bits per heavy atom. The van der Waals surface area contributed by atoms with Crippen molar-refractivity contribution in [2.45, 2.75) is 52.5 Å². The molecule has 122 valence electrons. The largest absolute Gasteiger partial charge is 0.357 e. The van der Waals surface area contributed by atoms with Gasteiger partial charge in [-0.1, -0.05) is 20.8 Å². The van der Waals surface area contributed by atoms with Crippen molar-refractivity contribution in [1.82, 2.24) is 25.1 Å². The van der Waals surface area contributed by atoms with Gasteiger partial charge in [0, 0.05) is 19.8 Å². The minimum atomic E-state index is 0.374. The van der Waals surface area contributed by atoms with Gasteiger partial charge in [-0.05, 0) is 38.3 Å². The topological polar surface area (TPSA) is 67.7 Å². The lowest BCUT2D eigenvalue weighted by molar-refractivity contribution is 0.536. The summed E-state index contributed by atoms with van der Waals surface area (Å²) in [6.07, 6.45) is 5.33. The van der Waals surface area contributed by atoms with Crippen LogP contribution in [-0.2, 0) is 6.54 Å². The number of hydrogen-bond donors (Lipinski definition) is 2. The molecule has 0 spiro atoms. The number of anilines is 1. The second kappa shape index (κ2) is 8.08. The molecule has 0 amide bonds. The van der Waals surface area contributed by atoms with Crippen LogP contribution in [-0.4, -0.2) is 39.9 Å². The first kappa shape index (κ1) is 16.7. The summed E-state index contributed by atoms with van der Waals surface area (Å²) in [5, 5.41) is 12.3. The van der Waals surface area contributed by atoms with E-state index in [9.17, 15) is 0 Å². The van der Waals surface area contributed by atoms with Crippen LogP contribution in [0, 0.1) is 0 Å². The summed E-state index contributed by atoms with van der Waals surface area (Å²) in [6.45, 7) is 9.58. The van der Waals surface area contributed by atoms with E-state index in [-0.39, 0.29) is 0 Å². The smallest absolute Gasteiger partial charge is 0.224 e. The maximum absolute atomic E-state index is 4.76. The van der Waals surface area contributed by atoms with E-state index in [1.807, 2.05) is 17.9 Å². The Morgan fingerprint density at radius 2 is 2.05 bits per heavy atom. The molecule has 0 saturated carbocycles. The molecule has 22 heavy (non-hydrogen) atoms. The highest BCUT2D eigenvalue weighted by molar-refractivity contribution is 5.79. The molecule has 0 radical (unpaired) electrons. The van der Waals surface area contributed by atoms with Gasteiger partial charge in [0.05, 0.1) is 11.1 Å². The maximum atomic E-state index is 4.76. The van der Waals surface area contributed by atoms with Gasteiger partial charge in [0.1, 0.15) is 0 Å². The lowest BCUT2D eigenvalue weighted by atomic mass is 10.1. The van der Waals surface area contributed by atoms with Gasteiger partial charge < -0.3 is 10.6 Å². The van der Waals surface area contributed by atoms with Crippen LogP contribution >= 0.6 is 0 Å². The predicted molar refractivity (Wildman–Crippen MR) is 91.4 cm³/mol. The Bertz CT molecular complexity index is 590. The molecule has 6 nitrogen and oxygen atoms in total. The van der Waals surface area contributed by atoms with Crippen LogP contribution in [0.5, 0.6) is 0 Å². The van der Waals surface area contributed by atoms with E-state index in [1.54, 1.807) is 0 Å². The van der Waals surface area contributed by atoms with Crippen molar-refractivity contribution in [3.8, 4) is 0 Å². The second-order valence-corrected chi connectivity index (χ2v) is 5.90. The lowest BCUT2D eigenvalue weighted by Gasteiger charge is -2.05. The molecule has 0 fully saturated rings. The number of unbranched alkanes of at least 4 members (excludes halogenated alkanes) is 1. The van der Waals surface area contributed by atoms with E-state index in [0.717, 1.165) is 49.2 Å². The number of nitrogens with one attached hydrogen (secondary N) is 2. The normalized spacial score (nSPS) is 11.5. The average Bonchev–Trinajstić information content (AvgIpc) is 2.89.